The summed E-state index contributed by atoms with van der Waals surface area (Å²) in [6.07, 6.45) is -1.49. The molecule has 5 aromatic rings. The third-order valence-electron chi connectivity index (χ3n) is 25.4. The largest absolute Gasteiger partial charge is 0.508 e. The van der Waals surface area contributed by atoms with Gasteiger partial charge in [-0.25, -0.2) is 0 Å². The first kappa shape index (κ1) is 116. The first-order valence-electron chi connectivity index (χ1n) is 47.4. The van der Waals surface area contributed by atoms with Crippen LogP contribution in [0.5, 0.6) is 5.75 Å². The third-order valence-corrected chi connectivity index (χ3v) is 26.4. The van der Waals surface area contributed by atoms with E-state index < -0.39 is 284 Å². The SMILES string of the molecule is CC(C)[C@@H]1NC(=O)[C@H](CC(=O)O)NC(=O)[C@H](C)N(C)C(=O)[C@@H]2CCCN2C(=O)[C@H](CC(=O)O)NC(=O)CNC(=O)[C@H](CO)N(C)C(=O)C(Cc2c[nH]c3ccccc23)NC(=O)CSC[C@@H](C(=O)NCC(N)=O)NC(=O)[C@@H]2CCCN2C(=O)[C@H](Cc2ccccc2)N(C)C(=O)[C@H](CCc2ccc(O)cc2)NC(=O)CN(C)C(=O)[C@H](Cc2ccccc2)N(C)C(=O)[C@H](CCCNC(=N)N)NC(=O)CNC(=O)[C@H](CO)N(C)C1=O. The number of hydrogen-bond acceptors (Lipinski definition) is 26. The summed E-state index contributed by atoms with van der Waals surface area (Å²) < 4.78 is 0. The van der Waals surface area contributed by atoms with E-state index in [4.69, 9.17) is 16.9 Å². The number of benzene rings is 4. The van der Waals surface area contributed by atoms with Gasteiger partial charge >= 0.3 is 11.9 Å². The summed E-state index contributed by atoms with van der Waals surface area (Å²) in [4.78, 5) is 311. The lowest BCUT2D eigenvalue weighted by Crippen LogP contribution is -2.61. The topological polar surface area (TPSA) is 710 Å². The number of carboxylic acids is 2. The predicted octanol–water partition coefficient (Wildman–Crippen LogP) is -6.04. The molecule has 0 spiro atoms. The molecular weight excluding hydrogens is 1920 g/mol. The number of aromatic hydroxyl groups is 1. The zero-order chi connectivity index (χ0) is 108. The third kappa shape index (κ3) is 33.1. The summed E-state index contributed by atoms with van der Waals surface area (Å²) in [5, 5.41) is 87.3. The Hall–Kier alpha value is -15.4. The van der Waals surface area contributed by atoms with Gasteiger partial charge in [0, 0.05) is 104 Å². The number of fused-ring (bicyclic) bond motifs is 3. The normalized spacial score (nSPS) is 24.0. The highest BCUT2D eigenvalue weighted by atomic mass is 32.2. The number of carbonyl (C=O) groups excluding carboxylic acids is 19. The second-order valence-corrected chi connectivity index (χ2v) is 37.2. The molecule has 146 heavy (non-hydrogen) atoms. The van der Waals surface area contributed by atoms with Crippen LogP contribution in [0.2, 0.25) is 0 Å². The van der Waals surface area contributed by atoms with E-state index in [2.05, 4.69) is 63.5 Å². The summed E-state index contributed by atoms with van der Waals surface area (Å²) in [7, 11) is 7.11. The number of aromatic nitrogens is 1. The molecule has 3 saturated heterocycles. The molecule has 8 rings (SSSR count). The number of aromatic amines is 1. The van der Waals surface area contributed by atoms with Crippen LogP contribution in [0, 0.1) is 11.3 Å². The summed E-state index contributed by atoms with van der Waals surface area (Å²) in [5.74, 6) is -24.9. The molecule has 1 unspecified atom stereocenters. The lowest BCUT2D eigenvalue weighted by molar-refractivity contribution is -0.150. The molecular formula is C96H131N23O26S. The van der Waals surface area contributed by atoms with Gasteiger partial charge in [0.25, 0.3) is 0 Å². The van der Waals surface area contributed by atoms with Crippen molar-refractivity contribution in [3.05, 3.63) is 138 Å². The monoisotopic (exact) mass is 2050 g/mol. The number of aliphatic hydroxyl groups excluding tert-OH is 2. The van der Waals surface area contributed by atoms with Crippen LogP contribution in [0.15, 0.2) is 115 Å². The molecule has 4 aromatic carbocycles. The van der Waals surface area contributed by atoms with Gasteiger partial charge in [0.2, 0.25) is 112 Å². The van der Waals surface area contributed by atoms with Crippen molar-refractivity contribution in [2.75, 3.05) is 113 Å². The van der Waals surface area contributed by atoms with Crippen LogP contribution in [0.4, 0.5) is 0 Å². The highest BCUT2D eigenvalue weighted by Gasteiger charge is 2.47. The summed E-state index contributed by atoms with van der Waals surface area (Å²) in [5.41, 5.74) is 13.7. The number of guanidine groups is 1. The highest BCUT2D eigenvalue weighted by molar-refractivity contribution is 8.00. The zero-order valence-corrected chi connectivity index (χ0v) is 83.4. The highest BCUT2D eigenvalue weighted by Crippen LogP contribution is 2.28. The Morgan fingerprint density at radius 3 is 1.54 bits per heavy atom. The summed E-state index contributed by atoms with van der Waals surface area (Å²) in [6, 6.07) is 6.69. The number of rotatable bonds is 23. The van der Waals surface area contributed by atoms with Gasteiger partial charge in [0.05, 0.1) is 58.0 Å². The van der Waals surface area contributed by atoms with Crippen LogP contribution in [-0.2, 0) is 126 Å². The number of primary amides is 1. The van der Waals surface area contributed by atoms with E-state index in [0.717, 1.165) is 62.3 Å². The number of amides is 19. The number of likely N-dealkylation sites (N-methyl/N-ethyl adjacent to an activating group) is 6. The number of aliphatic carboxylic acids is 2. The zero-order valence-electron chi connectivity index (χ0n) is 82.6. The maximum atomic E-state index is 15.7. The second-order valence-electron chi connectivity index (χ2n) is 36.2. The van der Waals surface area contributed by atoms with Gasteiger partial charge in [-0.2, -0.15) is 0 Å². The van der Waals surface area contributed by atoms with Gasteiger partial charge in [-0.3, -0.25) is 106 Å². The van der Waals surface area contributed by atoms with Crippen molar-refractivity contribution < 1.29 is 126 Å². The van der Waals surface area contributed by atoms with Gasteiger partial charge in [-0.1, -0.05) is 105 Å². The van der Waals surface area contributed by atoms with Gasteiger partial charge in [-0.15, -0.1) is 11.8 Å². The van der Waals surface area contributed by atoms with Crippen molar-refractivity contribution in [2.24, 2.45) is 17.4 Å². The van der Waals surface area contributed by atoms with Gasteiger partial charge in [0.1, 0.15) is 90.3 Å². The van der Waals surface area contributed by atoms with Crippen LogP contribution < -0.4 is 70.0 Å². The molecule has 0 radical (unpaired) electrons. The number of nitrogens with one attached hydrogen (secondary N) is 13. The van der Waals surface area contributed by atoms with E-state index in [1.165, 1.54) is 58.9 Å². The lowest BCUT2D eigenvalue weighted by Gasteiger charge is -2.35. The molecule has 22 N–H and O–H groups in total. The fourth-order valence-electron chi connectivity index (χ4n) is 17.0. The molecule has 792 valence electrons. The maximum absolute atomic E-state index is 15.7. The molecule has 19 amide bonds. The van der Waals surface area contributed by atoms with Crippen LogP contribution in [-0.4, -0.2) is 397 Å². The molecule has 4 heterocycles. The Morgan fingerprint density at radius 1 is 0.486 bits per heavy atom. The summed E-state index contributed by atoms with van der Waals surface area (Å²) >= 11 is 0.758. The number of aryl methyl sites for hydroxylation is 1. The number of nitrogens with two attached hydrogens (primary N) is 2. The van der Waals surface area contributed by atoms with Crippen LogP contribution >= 0.6 is 11.8 Å². The average Bonchev–Trinajstić information content (AvgIpc) is 1.20. The van der Waals surface area contributed by atoms with E-state index in [9.17, 15) is 107 Å². The molecule has 0 aliphatic carbocycles. The Bertz CT molecular complexity index is 5550. The van der Waals surface area contributed by atoms with Crippen molar-refractivity contribution in [3.63, 3.8) is 0 Å². The quantitative estimate of drug-likeness (QED) is 0.0164. The predicted molar refractivity (Wildman–Crippen MR) is 526 cm³/mol. The molecule has 3 fully saturated rings. The van der Waals surface area contributed by atoms with E-state index in [1.54, 1.807) is 103 Å². The molecule has 0 saturated carbocycles. The van der Waals surface area contributed by atoms with Crippen molar-refractivity contribution in [3.8, 4) is 5.75 Å². The van der Waals surface area contributed by atoms with Crippen molar-refractivity contribution in [1.82, 2.24) is 103 Å². The molecule has 49 nitrogen and oxygen atoms in total. The molecule has 14 atom stereocenters. The Balaban J connectivity index is 1.13. The number of phenolic OH excluding ortho intramolecular Hbond substituents is 1. The van der Waals surface area contributed by atoms with E-state index >= 15 is 19.2 Å². The first-order valence-corrected chi connectivity index (χ1v) is 48.5. The van der Waals surface area contributed by atoms with Gasteiger partial charge < -0.3 is 140 Å². The standard InChI is InChI=1S/C96H131N23O26S/c1-53(2)81-95(145)117(9)73(50-121)86(136)103-46-75(124)105-62(27-18-36-100-96(98)99)88(138)114(6)70(39-56-21-12-10-13-22-56)92(142)112(4)48-77(126)106-63(35-32-55-30-33-59(122)34-31-55)89(139)115(7)71(40-57-23-14-11-15-24-57)94(144)118-37-19-28-68(118)87(137)110-67(83(133)102-45-74(97)123)51-146-52-78(127)108-65(41-58-44-101-61-26-17-16-25-60(58)61)90(140)116(8)72(49-120)85(135)104-47-76(125)107-66(43-80(130)131)91(141)119-38-20-29-69(119)93(143)113(5)54(3)82(132)109-64(42-79(128)129)84(134)111-81/h10-17,21-26,30-31,33-34,44,53-54,62-73,81,101,120-122H,18-20,27-29,32,35-43,45-52H2,1-9H3,(H2,97,123)(H,102,133)(H,103,136)(H,104,135)(H,105,124)(H,106,126)(H,107,125)(H,108,127)(H,109,132)(H,110,137)(H,111,134)(H,128,129)(H,130,131)(H4,98,99,100)/t54-,62-,63-,64-,65?,66-,67-,68-,69-,70-,71-,72-,73-,81-/m0/s1. The fraction of sp³-hybridized carbons (Fsp3) is 0.500. The number of nitrogens with zero attached hydrogens (tertiary/aromatic N) is 8. The fourth-order valence-corrected chi connectivity index (χ4v) is 17.9. The molecule has 3 aliphatic heterocycles. The Kier molecular flexibility index (Phi) is 44.0. The first-order chi connectivity index (χ1) is 69.2. The number of hydrogen-bond donors (Lipinski definition) is 20. The Morgan fingerprint density at radius 2 is 0.986 bits per heavy atom. The minimum atomic E-state index is -2.01. The summed E-state index contributed by atoms with van der Waals surface area (Å²) in [6.45, 7) is -2.02. The number of carboxylic acid groups (broad SMARTS) is 2. The van der Waals surface area contributed by atoms with E-state index in [-0.39, 0.29) is 96.0 Å². The van der Waals surface area contributed by atoms with Crippen LogP contribution in [0.1, 0.15) is 101 Å². The van der Waals surface area contributed by atoms with E-state index in [1.807, 2.05) is 0 Å². The number of para-hydroxylation sites is 1. The van der Waals surface area contributed by atoms with Crippen LogP contribution in [0.3, 0.4) is 0 Å². The maximum Gasteiger partial charge on any atom is 0.305 e. The van der Waals surface area contributed by atoms with Crippen molar-refractivity contribution >= 4 is 153 Å². The minimum absolute atomic E-state index is 0.00459. The smallest absolute Gasteiger partial charge is 0.305 e. The van der Waals surface area contributed by atoms with Crippen molar-refractivity contribution in [1.29, 1.82) is 5.41 Å². The number of H-pyrrole nitrogens is 1. The van der Waals surface area contributed by atoms with Gasteiger partial charge in [0.15, 0.2) is 5.96 Å². The second kappa shape index (κ2) is 55.5. The Labute approximate surface area is 845 Å². The van der Waals surface area contributed by atoms with Crippen molar-refractivity contribution in [2.45, 2.75) is 189 Å². The average molecular weight is 2060 g/mol. The number of phenols is 1. The number of thioether (sulfide) groups is 1. The molecule has 3 aliphatic rings. The molecule has 0 bridgehead atoms. The molecule has 1 aromatic heterocycles. The minimum Gasteiger partial charge on any atom is -0.508 e. The number of carbonyl (C=O) groups is 21. The van der Waals surface area contributed by atoms with Gasteiger partial charge in [-0.05, 0) is 105 Å². The molecule has 50 heteroatoms. The number of aliphatic hydroxyl groups is 2. The van der Waals surface area contributed by atoms with E-state index in [0.29, 0.717) is 38.1 Å². The van der Waals surface area contributed by atoms with Crippen LogP contribution in [0.25, 0.3) is 10.9 Å². The lowest BCUT2D eigenvalue weighted by atomic mass is 10.00.